The number of hydrogen-bond donors (Lipinski definition) is 3. The minimum absolute atomic E-state index is 0.0496. The highest BCUT2D eigenvalue weighted by molar-refractivity contribution is 6.34. The SMILES string of the molecule is CC(N)CCCC(=O)Nc1cccc(Cl)c1C(=O)O. The average molecular weight is 285 g/mol. The Hall–Kier alpha value is -1.59. The van der Waals surface area contributed by atoms with Crippen LogP contribution in [0.2, 0.25) is 5.02 Å². The summed E-state index contributed by atoms with van der Waals surface area (Å²) in [5.74, 6) is -1.41. The van der Waals surface area contributed by atoms with Gasteiger partial charge in [-0.05, 0) is 31.9 Å². The number of carbonyl (C=O) groups excluding carboxylic acids is 1. The number of hydrogen-bond acceptors (Lipinski definition) is 3. The molecule has 6 heteroatoms. The summed E-state index contributed by atoms with van der Waals surface area (Å²) in [5, 5.41) is 11.7. The fraction of sp³-hybridized carbons (Fsp3) is 0.385. The highest BCUT2D eigenvalue weighted by Crippen LogP contribution is 2.24. The molecule has 0 radical (unpaired) electrons. The highest BCUT2D eigenvalue weighted by atomic mass is 35.5. The lowest BCUT2D eigenvalue weighted by molar-refractivity contribution is -0.116. The Bertz CT molecular complexity index is 475. The molecule has 0 heterocycles. The lowest BCUT2D eigenvalue weighted by atomic mass is 10.1. The predicted octanol–water partition coefficient (Wildman–Crippen LogP) is 2.49. The second-order valence-corrected chi connectivity index (χ2v) is 4.79. The van der Waals surface area contributed by atoms with E-state index in [1.807, 2.05) is 6.92 Å². The monoisotopic (exact) mass is 284 g/mol. The molecule has 1 atom stereocenters. The predicted molar refractivity (Wildman–Crippen MR) is 74.5 cm³/mol. The molecule has 0 aliphatic carbocycles. The van der Waals surface area contributed by atoms with E-state index in [1.165, 1.54) is 12.1 Å². The zero-order valence-electron chi connectivity index (χ0n) is 10.6. The molecule has 19 heavy (non-hydrogen) atoms. The first-order chi connectivity index (χ1) is 8.91. The summed E-state index contributed by atoms with van der Waals surface area (Å²) < 4.78 is 0. The van der Waals surface area contributed by atoms with Gasteiger partial charge in [0, 0.05) is 12.5 Å². The van der Waals surface area contributed by atoms with Crippen LogP contribution in [0.5, 0.6) is 0 Å². The van der Waals surface area contributed by atoms with Gasteiger partial charge >= 0.3 is 5.97 Å². The Kier molecular flexibility index (Phi) is 5.79. The van der Waals surface area contributed by atoms with Crippen molar-refractivity contribution >= 4 is 29.2 Å². The smallest absolute Gasteiger partial charge is 0.339 e. The van der Waals surface area contributed by atoms with Gasteiger partial charge in [-0.3, -0.25) is 4.79 Å². The molecule has 0 fully saturated rings. The van der Waals surface area contributed by atoms with Crippen molar-refractivity contribution in [2.24, 2.45) is 5.73 Å². The zero-order chi connectivity index (χ0) is 14.4. The average Bonchev–Trinajstić information content (AvgIpc) is 2.27. The molecule has 104 valence electrons. The first-order valence-electron chi connectivity index (χ1n) is 5.99. The topological polar surface area (TPSA) is 92.4 Å². The number of carbonyl (C=O) groups is 2. The fourth-order valence-electron chi connectivity index (χ4n) is 1.64. The highest BCUT2D eigenvalue weighted by Gasteiger charge is 2.15. The molecule has 1 aromatic carbocycles. The number of nitrogens with one attached hydrogen (secondary N) is 1. The number of carboxylic acids is 1. The van der Waals surface area contributed by atoms with Crippen molar-refractivity contribution in [2.45, 2.75) is 32.2 Å². The molecule has 1 amide bonds. The molecule has 0 aliphatic heterocycles. The molecular weight excluding hydrogens is 268 g/mol. The second kappa shape index (κ2) is 7.11. The number of rotatable bonds is 6. The molecule has 4 N–H and O–H groups in total. The molecule has 1 aromatic rings. The number of anilines is 1. The summed E-state index contributed by atoms with van der Waals surface area (Å²) in [6.45, 7) is 1.87. The van der Waals surface area contributed by atoms with Gasteiger partial charge in [-0.25, -0.2) is 4.79 Å². The molecule has 0 bridgehead atoms. The standard InChI is InChI=1S/C13H17ClN2O3/c1-8(15)4-2-7-11(17)16-10-6-3-5-9(14)12(10)13(18)19/h3,5-6,8H,2,4,7,15H2,1H3,(H,16,17)(H,18,19). The van der Waals surface area contributed by atoms with Crippen LogP contribution in [-0.4, -0.2) is 23.0 Å². The minimum Gasteiger partial charge on any atom is -0.478 e. The van der Waals surface area contributed by atoms with Crippen LogP contribution in [0.25, 0.3) is 0 Å². The van der Waals surface area contributed by atoms with E-state index < -0.39 is 5.97 Å². The summed E-state index contributed by atoms with van der Waals surface area (Å²) in [7, 11) is 0. The van der Waals surface area contributed by atoms with Gasteiger partial charge in [0.15, 0.2) is 0 Å². The second-order valence-electron chi connectivity index (χ2n) is 4.39. The van der Waals surface area contributed by atoms with Crippen LogP contribution in [0, 0.1) is 0 Å². The molecule has 1 unspecified atom stereocenters. The molecule has 0 saturated heterocycles. The van der Waals surface area contributed by atoms with E-state index in [4.69, 9.17) is 22.4 Å². The van der Waals surface area contributed by atoms with E-state index in [0.29, 0.717) is 12.8 Å². The summed E-state index contributed by atoms with van der Waals surface area (Å²) in [6.07, 6.45) is 1.70. The zero-order valence-corrected chi connectivity index (χ0v) is 11.4. The van der Waals surface area contributed by atoms with E-state index in [0.717, 1.165) is 6.42 Å². The van der Waals surface area contributed by atoms with Crippen LogP contribution < -0.4 is 11.1 Å². The van der Waals surface area contributed by atoms with Crippen LogP contribution in [0.1, 0.15) is 36.5 Å². The third-order valence-corrected chi connectivity index (χ3v) is 2.88. The third kappa shape index (κ3) is 4.89. The number of aromatic carboxylic acids is 1. The Morgan fingerprint density at radius 1 is 1.47 bits per heavy atom. The molecule has 0 aliphatic rings. The first-order valence-corrected chi connectivity index (χ1v) is 6.37. The summed E-state index contributed by atoms with van der Waals surface area (Å²) in [4.78, 5) is 22.8. The molecule has 1 rings (SSSR count). The fourth-order valence-corrected chi connectivity index (χ4v) is 1.90. The third-order valence-electron chi connectivity index (χ3n) is 2.56. The van der Waals surface area contributed by atoms with Crippen molar-refractivity contribution in [2.75, 3.05) is 5.32 Å². The van der Waals surface area contributed by atoms with Gasteiger partial charge in [-0.2, -0.15) is 0 Å². The lowest BCUT2D eigenvalue weighted by Crippen LogP contribution is -2.17. The van der Waals surface area contributed by atoms with Gasteiger partial charge in [0.25, 0.3) is 0 Å². The lowest BCUT2D eigenvalue weighted by Gasteiger charge is -2.10. The molecule has 5 nitrogen and oxygen atoms in total. The summed E-state index contributed by atoms with van der Waals surface area (Å²) >= 11 is 5.81. The maximum Gasteiger partial charge on any atom is 0.339 e. The van der Waals surface area contributed by atoms with Crippen LogP contribution in [0.4, 0.5) is 5.69 Å². The van der Waals surface area contributed by atoms with Crippen molar-refractivity contribution < 1.29 is 14.7 Å². The molecule has 0 spiro atoms. The van der Waals surface area contributed by atoms with E-state index in [1.54, 1.807) is 6.07 Å². The Balaban J connectivity index is 2.69. The van der Waals surface area contributed by atoms with E-state index in [9.17, 15) is 9.59 Å². The van der Waals surface area contributed by atoms with Crippen molar-refractivity contribution in [1.29, 1.82) is 0 Å². The Morgan fingerprint density at radius 3 is 2.74 bits per heavy atom. The summed E-state index contributed by atoms with van der Waals surface area (Å²) in [5.41, 5.74) is 5.71. The molecule has 0 saturated carbocycles. The van der Waals surface area contributed by atoms with Gasteiger partial charge in [0.2, 0.25) is 5.91 Å². The quantitative estimate of drug-likeness (QED) is 0.748. The van der Waals surface area contributed by atoms with E-state index in [-0.39, 0.29) is 28.2 Å². The molecule has 0 aromatic heterocycles. The van der Waals surface area contributed by atoms with Crippen LogP contribution >= 0.6 is 11.6 Å². The van der Waals surface area contributed by atoms with E-state index in [2.05, 4.69) is 5.32 Å². The number of carboxylic acid groups (broad SMARTS) is 1. The van der Waals surface area contributed by atoms with Crippen molar-refractivity contribution in [1.82, 2.24) is 0 Å². The number of amides is 1. The van der Waals surface area contributed by atoms with Gasteiger partial charge < -0.3 is 16.2 Å². The number of nitrogens with two attached hydrogens (primary N) is 1. The van der Waals surface area contributed by atoms with Gasteiger partial charge in [-0.15, -0.1) is 0 Å². The number of halogens is 1. The first kappa shape index (κ1) is 15.5. The largest absolute Gasteiger partial charge is 0.478 e. The van der Waals surface area contributed by atoms with Crippen molar-refractivity contribution in [3.8, 4) is 0 Å². The van der Waals surface area contributed by atoms with Crippen molar-refractivity contribution in [3.05, 3.63) is 28.8 Å². The Morgan fingerprint density at radius 2 is 2.16 bits per heavy atom. The Labute approximate surface area is 116 Å². The van der Waals surface area contributed by atoms with Crippen molar-refractivity contribution in [3.63, 3.8) is 0 Å². The van der Waals surface area contributed by atoms with Crippen LogP contribution in [0.3, 0.4) is 0 Å². The van der Waals surface area contributed by atoms with Gasteiger partial charge in [-0.1, -0.05) is 17.7 Å². The molecular formula is C13H17ClN2O3. The number of benzene rings is 1. The summed E-state index contributed by atoms with van der Waals surface area (Å²) in [6, 6.07) is 4.62. The normalized spacial score (nSPS) is 11.9. The maximum absolute atomic E-state index is 11.7. The van der Waals surface area contributed by atoms with Gasteiger partial charge in [0.05, 0.1) is 10.7 Å². The maximum atomic E-state index is 11.7. The van der Waals surface area contributed by atoms with Crippen LogP contribution in [0.15, 0.2) is 18.2 Å². The van der Waals surface area contributed by atoms with Crippen LogP contribution in [-0.2, 0) is 4.79 Å². The van der Waals surface area contributed by atoms with Gasteiger partial charge in [0.1, 0.15) is 5.56 Å². The van der Waals surface area contributed by atoms with E-state index >= 15 is 0 Å². The minimum atomic E-state index is -1.17.